The molecule has 6 heteroatoms. The summed E-state index contributed by atoms with van der Waals surface area (Å²) in [6.07, 6.45) is 7.03. The summed E-state index contributed by atoms with van der Waals surface area (Å²) >= 11 is 1.60. The molecule has 2 aliphatic rings. The number of carbonyl (C=O) groups excluding carboxylic acids is 1. The average Bonchev–Trinajstić information content (AvgIpc) is 2.94. The van der Waals surface area contributed by atoms with Gasteiger partial charge in [-0.15, -0.1) is 0 Å². The second-order valence-electron chi connectivity index (χ2n) is 4.66. The lowest BCUT2D eigenvalue weighted by molar-refractivity contribution is -0.118. The van der Waals surface area contributed by atoms with Crippen LogP contribution in [0.15, 0.2) is 16.8 Å². The van der Waals surface area contributed by atoms with E-state index in [0.717, 1.165) is 43.1 Å². The van der Waals surface area contributed by atoms with E-state index in [-0.39, 0.29) is 17.5 Å². The van der Waals surface area contributed by atoms with Gasteiger partial charge in [0.25, 0.3) is 5.91 Å². The number of nitrogens with zero attached hydrogens (tertiary/aromatic N) is 2. The summed E-state index contributed by atoms with van der Waals surface area (Å²) in [5.74, 6) is 0.664. The summed E-state index contributed by atoms with van der Waals surface area (Å²) in [6, 6.07) is 2.16. The summed E-state index contributed by atoms with van der Waals surface area (Å²) in [5, 5.41) is 15.7. The molecule has 19 heavy (non-hydrogen) atoms. The summed E-state index contributed by atoms with van der Waals surface area (Å²) < 4.78 is 0. The third-order valence-corrected chi connectivity index (χ3v) is 4.14. The molecule has 1 aliphatic heterocycles. The molecule has 0 bridgehead atoms. The highest BCUT2D eigenvalue weighted by Crippen LogP contribution is 2.17. The van der Waals surface area contributed by atoms with E-state index in [1.54, 1.807) is 11.8 Å². The minimum Gasteiger partial charge on any atom is -0.349 e. The van der Waals surface area contributed by atoms with Crippen molar-refractivity contribution in [2.45, 2.75) is 38.1 Å². The smallest absolute Gasteiger partial charge is 0.263 e. The molecule has 2 N–H and O–H groups in total. The number of amidine groups is 1. The van der Waals surface area contributed by atoms with Crippen LogP contribution in [-0.4, -0.2) is 29.4 Å². The van der Waals surface area contributed by atoms with Crippen LogP contribution < -0.4 is 10.6 Å². The van der Waals surface area contributed by atoms with Gasteiger partial charge in [0.1, 0.15) is 11.6 Å². The second-order valence-corrected chi connectivity index (χ2v) is 5.74. The Morgan fingerprint density at radius 2 is 2.21 bits per heavy atom. The van der Waals surface area contributed by atoms with Gasteiger partial charge < -0.3 is 10.6 Å². The van der Waals surface area contributed by atoms with Gasteiger partial charge in [-0.1, -0.05) is 31.0 Å². The first-order chi connectivity index (χ1) is 9.29. The van der Waals surface area contributed by atoms with Crippen LogP contribution in [0.5, 0.6) is 0 Å². The van der Waals surface area contributed by atoms with Crippen molar-refractivity contribution in [3.05, 3.63) is 11.8 Å². The SMILES string of the molecule is N#C/C(=C/NC1=NCCS1)C(=O)NC1CCCCC1. The molecule has 0 spiro atoms. The van der Waals surface area contributed by atoms with Gasteiger partial charge in [0, 0.05) is 18.0 Å². The quantitative estimate of drug-likeness (QED) is 0.606. The van der Waals surface area contributed by atoms with Crippen LogP contribution in [0.2, 0.25) is 0 Å². The Morgan fingerprint density at radius 3 is 2.84 bits per heavy atom. The highest BCUT2D eigenvalue weighted by Gasteiger charge is 2.18. The Bertz CT molecular complexity index is 432. The maximum absolute atomic E-state index is 12.0. The lowest BCUT2D eigenvalue weighted by Crippen LogP contribution is -2.37. The highest BCUT2D eigenvalue weighted by atomic mass is 32.2. The van der Waals surface area contributed by atoms with Crippen molar-refractivity contribution in [2.24, 2.45) is 4.99 Å². The van der Waals surface area contributed by atoms with E-state index in [2.05, 4.69) is 15.6 Å². The van der Waals surface area contributed by atoms with Crippen molar-refractivity contribution >= 4 is 22.8 Å². The summed E-state index contributed by atoms with van der Waals surface area (Å²) in [7, 11) is 0. The van der Waals surface area contributed by atoms with Crippen molar-refractivity contribution in [2.75, 3.05) is 12.3 Å². The molecule has 0 aromatic carbocycles. The predicted molar refractivity (Wildman–Crippen MR) is 76.6 cm³/mol. The van der Waals surface area contributed by atoms with Crippen LogP contribution in [0.4, 0.5) is 0 Å². The Hall–Kier alpha value is -1.48. The fourth-order valence-electron chi connectivity index (χ4n) is 2.22. The van der Waals surface area contributed by atoms with E-state index in [0.29, 0.717) is 0 Å². The largest absolute Gasteiger partial charge is 0.349 e. The first-order valence-corrected chi connectivity index (χ1v) is 7.63. The third-order valence-electron chi connectivity index (χ3n) is 3.23. The van der Waals surface area contributed by atoms with Gasteiger partial charge in [0.15, 0.2) is 5.17 Å². The number of hydrogen-bond donors (Lipinski definition) is 2. The molecule has 1 saturated carbocycles. The van der Waals surface area contributed by atoms with Crippen LogP contribution in [0.3, 0.4) is 0 Å². The zero-order valence-electron chi connectivity index (χ0n) is 10.8. The standard InChI is InChI=1S/C13H18N4OS/c14-8-10(9-16-13-15-6-7-19-13)12(18)17-11-4-2-1-3-5-11/h9,11H,1-7H2,(H,15,16)(H,17,18)/b10-9-. The molecule has 0 atom stereocenters. The van der Waals surface area contributed by atoms with E-state index in [1.165, 1.54) is 12.6 Å². The topological polar surface area (TPSA) is 77.3 Å². The monoisotopic (exact) mass is 278 g/mol. The minimum atomic E-state index is -0.287. The normalized spacial score (nSPS) is 20.6. The van der Waals surface area contributed by atoms with Gasteiger partial charge in [-0.3, -0.25) is 9.79 Å². The second kappa shape index (κ2) is 7.19. The van der Waals surface area contributed by atoms with Gasteiger partial charge in [-0.2, -0.15) is 5.26 Å². The Balaban J connectivity index is 1.87. The number of hydrogen-bond acceptors (Lipinski definition) is 5. The van der Waals surface area contributed by atoms with Crippen LogP contribution in [0.25, 0.3) is 0 Å². The number of thioether (sulfide) groups is 1. The van der Waals surface area contributed by atoms with Gasteiger partial charge in [0.05, 0.1) is 6.54 Å². The summed E-state index contributed by atoms with van der Waals surface area (Å²) in [6.45, 7) is 0.789. The van der Waals surface area contributed by atoms with Crippen LogP contribution in [0.1, 0.15) is 32.1 Å². The van der Waals surface area contributed by atoms with Gasteiger partial charge in [-0.05, 0) is 12.8 Å². The number of amides is 1. The number of carbonyl (C=O) groups is 1. The molecule has 0 saturated heterocycles. The first kappa shape index (κ1) is 13.9. The van der Waals surface area contributed by atoms with Crippen LogP contribution in [0, 0.1) is 11.3 Å². The highest BCUT2D eigenvalue weighted by molar-refractivity contribution is 8.14. The minimum absolute atomic E-state index is 0.112. The number of nitrogens with one attached hydrogen (secondary N) is 2. The zero-order valence-corrected chi connectivity index (χ0v) is 11.6. The molecular formula is C13H18N4OS. The molecule has 1 heterocycles. The molecule has 2 rings (SSSR count). The molecule has 0 unspecified atom stereocenters. The van der Waals surface area contributed by atoms with E-state index >= 15 is 0 Å². The zero-order chi connectivity index (χ0) is 13.5. The van der Waals surface area contributed by atoms with Crippen molar-refractivity contribution < 1.29 is 4.79 Å². The molecule has 1 amide bonds. The van der Waals surface area contributed by atoms with E-state index in [9.17, 15) is 4.79 Å². The van der Waals surface area contributed by atoms with Gasteiger partial charge >= 0.3 is 0 Å². The molecule has 1 fully saturated rings. The van der Waals surface area contributed by atoms with Crippen molar-refractivity contribution in [3.63, 3.8) is 0 Å². The molecule has 5 nitrogen and oxygen atoms in total. The summed E-state index contributed by atoms with van der Waals surface area (Å²) in [4.78, 5) is 16.2. The number of rotatable bonds is 3. The number of aliphatic imine (C=N–C) groups is 1. The molecule has 0 radical (unpaired) electrons. The van der Waals surface area contributed by atoms with E-state index in [4.69, 9.17) is 5.26 Å². The third kappa shape index (κ3) is 4.28. The lowest BCUT2D eigenvalue weighted by atomic mass is 9.95. The predicted octanol–water partition coefficient (Wildman–Crippen LogP) is 1.54. The molecular weight excluding hydrogens is 260 g/mol. The van der Waals surface area contributed by atoms with Gasteiger partial charge in [0.2, 0.25) is 0 Å². The van der Waals surface area contributed by atoms with Crippen molar-refractivity contribution in [1.29, 1.82) is 5.26 Å². The lowest BCUT2D eigenvalue weighted by Gasteiger charge is -2.22. The summed E-state index contributed by atoms with van der Waals surface area (Å²) in [5.41, 5.74) is 0.112. The fourth-order valence-corrected chi connectivity index (χ4v) is 2.92. The van der Waals surface area contributed by atoms with Crippen molar-refractivity contribution in [1.82, 2.24) is 10.6 Å². The number of nitriles is 1. The molecule has 0 aromatic heterocycles. The van der Waals surface area contributed by atoms with Crippen LogP contribution in [-0.2, 0) is 4.79 Å². The van der Waals surface area contributed by atoms with Crippen molar-refractivity contribution in [3.8, 4) is 6.07 Å². The van der Waals surface area contributed by atoms with E-state index in [1.807, 2.05) is 6.07 Å². The molecule has 1 aliphatic carbocycles. The molecule has 102 valence electrons. The van der Waals surface area contributed by atoms with E-state index < -0.39 is 0 Å². The maximum atomic E-state index is 12.0. The molecule has 0 aromatic rings. The fraction of sp³-hybridized carbons (Fsp3) is 0.615. The Morgan fingerprint density at radius 1 is 1.42 bits per heavy atom. The average molecular weight is 278 g/mol. The maximum Gasteiger partial charge on any atom is 0.263 e. The Kier molecular flexibility index (Phi) is 5.28. The first-order valence-electron chi connectivity index (χ1n) is 6.64. The van der Waals surface area contributed by atoms with Crippen LogP contribution >= 0.6 is 11.8 Å². The van der Waals surface area contributed by atoms with Gasteiger partial charge in [-0.25, -0.2) is 0 Å². The Labute approximate surface area is 117 Å².